The summed E-state index contributed by atoms with van der Waals surface area (Å²) in [5.41, 5.74) is 4.65. The van der Waals surface area contributed by atoms with Crippen molar-refractivity contribution in [2.45, 2.75) is 27.2 Å². The van der Waals surface area contributed by atoms with Gasteiger partial charge in [-0.3, -0.25) is 0 Å². The van der Waals surface area contributed by atoms with Gasteiger partial charge in [0.25, 0.3) is 0 Å². The Bertz CT molecular complexity index is 530. The molecule has 0 saturated heterocycles. The first kappa shape index (κ1) is 12.2. The van der Waals surface area contributed by atoms with Gasteiger partial charge in [0, 0.05) is 12.0 Å². The maximum Gasteiger partial charge on any atom is 0.130 e. The molecule has 88 valence electrons. The van der Waals surface area contributed by atoms with Crippen LogP contribution < -0.4 is 0 Å². The lowest BCUT2D eigenvalue weighted by Crippen LogP contribution is -1.96. The molecule has 0 aliphatic heterocycles. The van der Waals surface area contributed by atoms with Gasteiger partial charge in [0.1, 0.15) is 10.4 Å². The van der Waals surface area contributed by atoms with Crippen LogP contribution in [0.5, 0.6) is 0 Å². The molecule has 0 amide bonds. The molecule has 1 heterocycles. The summed E-state index contributed by atoms with van der Waals surface area (Å²) in [6.07, 6.45) is 0.844. The molecule has 0 saturated carbocycles. The topological polar surface area (TPSA) is 25.8 Å². The minimum Gasteiger partial charge on any atom is -0.233 e. The van der Waals surface area contributed by atoms with Crippen molar-refractivity contribution in [3.63, 3.8) is 0 Å². The summed E-state index contributed by atoms with van der Waals surface area (Å²) in [6.45, 7) is 6.27. The molecule has 17 heavy (non-hydrogen) atoms. The first-order chi connectivity index (χ1) is 8.08. The Balaban J connectivity index is 2.55. The molecule has 2 aromatic rings. The molecule has 0 fully saturated rings. The molecule has 3 heteroatoms. The van der Waals surface area contributed by atoms with Gasteiger partial charge in [0.2, 0.25) is 0 Å². The molecule has 1 aromatic carbocycles. The number of hydrogen-bond donors (Lipinski definition) is 0. The molecular formula is C14H15BrN2. The van der Waals surface area contributed by atoms with E-state index in [4.69, 9.17) is 0 Å². The molecule has 0 radical (unpaired) electrons. The van der Waals surface area contributed by atoms with Crippen LogP contribution in [0.3, 0.4) is 0 Å². The SMILES string of the molecule is CCc1nc(Br)cc(-c2cc(C)cc(C)c2)n1. The molecule has 0 atom stereocenters. The van der Waals surface area contributed by atoms with E-state index >= 15 is 0 Å². The highest BCUT2D eigenvalue weighted by atomic mass is 79.9. The summed E-state index contributed by atoms with van der Waals surface area (Å²) < 4.78 is 0.846. The number of hydrogen-bond acceptors (Lipinski definition) is 2. The average molecular weight is 291 g/mol. The van der Waals surface area contributed by atoms with Gasteiger partial charge in [0.05, 0.1) is 5.69 Å². The molecule has 2 rings (SSSR count). The largest absolute Gasteiger partial charge is 0.233 e. The summed E-state index contributed by atoms with van der Waals surface area (Å²) >= 11 is 3.44. The number of aromatic nitrogens is 2. The summed E-state index contributed by atoms with van der Waals surface area (Å²) in [5.74, 6) is 0.869. The first-order valence-corrected chi connectivity index (χ1v) is 6.50. The zero-order valence-corrected chi connectivity index (χ0v) is 11.9. The van der Waals surface area contributed by atoms with E-state index < -0.39 is 0 Å². The van der Waals surface area contributed by atoms with E-state index in [0.29, 0.717) is 0 Å². The third-order valence-electron chi connectivity index (χ3n) is 2.57. The number of rotatable bonds is 2. The van der Waals surface area contributed by atoms with Crippen molar-refractivity contribution >= 4 is 15.9 Å². The Morgan fingerprint density at radius 1 is 1.00 bits per heavy atom. The van der Waals surface area contributed by atoms with Crippen molar-refractivity contribution in [2.75, 3.05) is 0 Å². The van der Waals surface area contributed by atoms with Crippen LogP contribution in [0.1, 0.15) is 23.9 Å². The van der Waals surface area contributed by atoms with Gasteiger partial charge in [-0.2, -0.15) is 0 Å². The van der Waals surface area contributed by atoms with Crippen molar-refractivity contribution in [3.8, 4) is 11.3 Å². The van der Waals surface area contributed by atoms with Crippen molar-refractivity contribution in [3.05, 3.63) is 45.8 Å². The second kappa shape index (κ2) is 4.96. The van der Waals surface area contributed by atoms with Crippen LogP contribution in [-0.4, -0.2) is 9.97 Å². The minimum absolute atomic E-state index is 0.844. The van der Waals surface area contributed by atoms with Gasteiger partial charge < -0.3 is 0 Å². The molecule has 2 nitrogen and oxygen atoms in total. The average Bonchev–Trinajstić information content (AvgIpc) is 2.26. The highest BCUT2D eigenvalue weighted by Gasteiger charge is 2.05. The Morgan fingerprint density at radius 2 is 1.65 bits per heavy atom. The molecule has 0 aliphatic carbocycles. The van der Waals surface area contributed by atoms with Crippen molar-refractivity contribution < 1.29 is 0 Å². The summed E-state index contributed by atoms with van der Waals surface area (Å²) in [5, 5.41) is 0. The lowest BCUT2D eigenvalue weighted by atomic mass is 10.0. The second-order valence-corrected chi connectivity index (χ2v) is 5.03. The van der Waals surface area contributed by atoms with Gasteiger partial charge in [0.15, 0.2) is 0 Å². The number of aryl methyl sites for hydroxylation is 3. The molecule has 0 unspecified atom stereocenters. The molecule has 1 aromatic heterocycles. The Hall–Kier alpha value is -1.22. The van der Waals surface area contributed by atoms with Gasteiger partial charge in [-0.15, -0.1) is 0 Å². The molecule has 0 bridgehead atoms. The zero-order valence-electron chi connectivity index (χ0n) is 10.3. The lowest BCUT2D eigenvalue weighted by molar-refractivity contribution is 0.931. The monoisotopic (exact) mass is 290 g/mol. The molecule has 0 spiro atoms. The fraction of sp³-hybridized carbons (Fsp3) is 0.286. The minimum atomic E-state index is 0.844. The molecule has 0 aliphatic rings. The standard InChI is InChI=1S/C14H15BrN2/c1-4-14-16-12(8-13(15)17-14)11-6-9(2)5-10(3)7-11/h5-8H,4H2,1-3H3. The van der Waals surface area contributed by atoms with Crippen molar-refractivity contribution in [2.24, 2.45) is 0 Å². The fourth-order valence-electron chi connectivity index (χ4n) is 1.89. The van der Waals surface area contributed by atoms with Gasteiger partial charge >= 0.3 is 0 Å². The zero-order chi connectivity index (χ0) is 12.4. The smallest absolute Gasteiger partial charge is 0.130 e. The predicted octanol–water partition coefficient (Wildman–Crippen LogP) is 4.09. The van der Waals surface area contributed by atoms with E-state index in [1.807, 2.05) is 6.07 Å². The summed E-state index contributed by atoms with van der Waals surface area (Å²) in [7, 11) is 0. The highest BCUT2D eigenvalue weighted by Crippen LogP contribution is 2.22. The maximum absolute atomic E-state index is 4.56. The van der Waals surface area contributed by atoms with Crippen molar-refractivity contribution in [1.29, 1.82) is 0 Å². The quantitative estimate of drug-likeness (QED) is 0.779. The van der Waals surface area contributed by atoms with E-state index in [1.54, 1.807) is 0 Å². The Labute approximate surface area is 110 Å². The summed E-state index contributed by atoms with van der Waals surface area (Å²) in [6, 6.07) is 8.44. The lowest BCUT2D eigenvalue weighted by Gasteiger charge is -2.06. The van der Waals surface area contributed by atoms with Crippen molar-refractivity contribution in [1.82, 2.24) is 9.97 Å². The summed E-state index contributed by atoms with van der Waals surface area (Å²) in [4.78, 5) is 8.89. The van der Waals surface area contributed by atoms with Crippen LogP contribution >= 0.6 is 15.9 Å². The van der Waals surface area contributed by atoms with E-state index in [-0.39, 0.29) is 0 Å². The fourth-order valence-corrected chi connectivity index (χ4v) is 2.31. The van der Waals surface area contributed by atoms with Crippen LogP contribution in [0, 0.1) is 13.8 Å². The van der Waals surface area contributed by atoms with E-state index in [2.05, 4.69) is 64.9 Å². The predicted molar refractivity (Wildman–Crippen MR) is 74.0 cm³/mol. The van der Waals surface area contributed by atoms with Crippen LogP contribution in [0.25, 0.3) is 11.3 Å². The number of halogens is 1. The molecular weight excluding hydrogens is 276 g/mol. The number of nitrogens with zero attached hydrogens (tertiary/aromatic N) is 2. The Morgan fingerprint density at radius 3 is 2.24 bits per heavy atom. The number of benzene rings is 1. The molecule has 0 N–H and O–H groups in total. The third-order valence-corrected chi connectivity index (χ3v) is 2.98. The van der Waals surface area contributed by atoms with Crippen LogP contribution in [0.15, 0.2) is 28.9 Å². The Kier molecular flexibility index (Phi) is 3.57. The van der Waals surface area contributed by atoms with Gasteiger partial charge in [-0.05, 0) is 48.0 Å². The highest BCUT2D eigenvalue weighted by molar-refractivity contribution is 9.10. The van der Waals surface area contributed by atoms with E-state index in [9.17, 15) is 0 Å². The maximum atomic E-state index is 4.56. The van der Waals surface area contributed by atoms with Crippen LogP contribution in [0.2, 0.25) is 0 Å². The first-order valence-electron chi connectivity index (χ1n) is 5.70. The van der Waals surface area contributed by atoms with Gasteiger partial charge in [-0.25, -0.2) is 9.97 Å². The second-order valence-electron chi connectivity index (χ2n) is 4.22. The van der Waals surface area contributed by atoms with Crippen LogP contribution in [-0.2, 0) is 6.42 Å². The van der Waals surface area contributed by atoms with Crippen LogP contribution in [0.4, 0.5) is 0 Å². The van der Waals surface area contributed by atoms with Gasteiger partial charge in [-0.1, -0.05) is 24.1 Å². The van der Waals surface area contributed by atoms with E-state index in [0.717, 1.165) is 28.1 Å². The van der Waals surface area contributed by atoms with E-state index in [1.165, 1.54) is 11.1 Å². The third kappa shape index (κ3) is 2.91. The normalized spacial score (nSPS) is 10.6.